The monoisotopic (exact) mass is 379 g/mol. The first-order valence-electron chi connectivity index (χ1n) is 9.53. The van der Waals surface area contributed by atoms with Crippen molar-refractivity contribution in [2.45, 2.75) is 18.9 Å². The van der Waals surface area contributed by atoms with Gasteiger partial charge in [0.2, 0.25) is 0 Å². The lowest BCUT2D eigenvalue weighted by atomic mass is 10.1. The molecular formula is C20H21N5O3. The standard InChI is InChI=1S/C20H21N5O3/c21-18-17-15(19(27)22-20(17)28)10-16(26)25(18)13-5-3-12(4-6-13)24-9-8-23-7-1-2-14(23)11-24/h3-6,10,14H,1-2,7-9,11,21H2,(H,22,27,28). The summed E-state index contributed by atoms with van der Waals surface area (Å²) in [7, 11) is 0. The van der Waals surface area contributed by atoms with Crippen molar-refractivity contribution >= 4 is 23.3 Å². The summed E-state index contributed by atoms with van der Waals surface area (Å²) < 4.78 is 1.27. The largest absolute Gasteiger partial charge is 0.384 e. The molecule has 0 spiro atoms. The third kappa shape index (κ3) is 2.52. The van der Waals surface area contributed by atoms with Crippen LogP contribution in [0, 0.1) is 0 Å². The van der Waals surface area contributed by atoms with Crippen LogP contribution in [0.25, 0.3) is 5.69 Å². The van der Waals surface area contributed by atoms with Crippen molar-refractivity contribution in [1.29, 1.82) is 0 Å². The summed E-state index contributed by atoms with van der Waals surface area (Å²) in [6.45, 7) is 4.28. The van der Waals surface area contributed by atoms with Crippen molar-refractivity contribution in [3.63, 3.8) is 0 Å². The van der Waals surface area contributed by atoms with Crippen LogP contribution in [-0.2, 0) is 0 Å². The molecule has 3 aliphatic heterocycles. The van der Waals surface area contributed by atoms with E-state index < -0.39 is 17.4 Å². The van der Waals surface area contributed by atoms with E-state index in [-0.39, 0.29) is 16.9 Å². The summed E-state index contributed by atoms with van der Waals surface area (Å²) in [4.78, 5) is 41.3. The van der Waals surface area contributed by atoms with Gasteiger partial charge in [0, 0.05) is 37.4 Å². The fraction of sp³-hybridized carbons (Fsp3) is 0.350. The molecule has 1 unspecified atom stereocenters. The molecule has 0 bridgehead atoms. The minimum atomic E-state index is -0.586. The van der Waals surface area contributed by atoms with Crippen LogP contribution in [0.5, 0.6) is 0 Å². The Balaban J connectivity index is 1.47. The lowest BCUT2D eigenvalue weighted by molar-refractivity contribution is 0.0880. The third-order valence-electron chi connectivity index (χ3n) is 6.01. The van der Waals surface area contributed by atoms with Crippen molar-refractivity contribution in [3.05, 3.63) is 51.8 Å². The fourth-order valence-corrected chi connectivity index (χ4v) is 4.58. The van der Waals surface area contributed by atoms with E-state index in [0.29, 0.717) is 11.7 Å². The van der Waals surface area contributed by atoms with Crippen molar-refractivity contribution in [3.8, 4) is 5.69 Å². The Labute approximate surface area is 161 Å². The van der Waals surface area contributed by atoms with E-state index >= 15 is 0 Å². The molecule has 3 N–H and O–H groups in total. The Morgan fingerprint density at radius 2 is 1.71 bits per heavy atom. The number of pyridine rings is 1. The number of nitrogen functional groups attached to an aromatic ring is 1. The molecular weight excluding hydrogens is 358 g/mol. The van der Waals surface area contributed by atoms with Crippen molar-refractivity contribution in [2.75, 3.05) is 36.8 Å². The maximum Gasteiger partial charge on any atom is 0.262 e. The van der Waals surface area contributed by atoms with Gasteiger partial charge in [0.1, 0.15) is 5.82 Å². The van der Waals surface area contributed by atoms with E-state index in [2.05, 4.69) is 15.1 Å². The summed E-state index contributed by atoms with van der Waals surface area (Å²) in [5.74, 6) is -1.17. The lowest BCUT2D eigenvalue weighted by Gasteiger charge is -2.38. The molecule has 0 aliphatic carbocycles. The second kappa shape index (κ2) is 6.20. The van der Waals surface area contributed by atoms with E-state index in [0.717, 1.165) is 25.3 Å². The van der Waals surface area contributed by atoms with Gasteiger partial charge in [0.25, 0.3) is 17.4 Å². The minimum absolute atomic E-state index is 0.0156. The normalized spacial score (nSPS) is 21.6. The number of piperazine rings is 1. The van der Waals surface area contributed by atoms with Gasteiger partial charge >= 0.3 is 0 Å². The average Bonchev–Trinajstić information content (AvgIpc) is 3.26. The third-order valence-corrected chi connectivity index (χ3v) is 6.01. The first kappa shape index (κ1) is 17.0. The summed E-state index contributed by atoms with van der Waals surface area (Å²) >= 11 is 0. The molecule has 1 aromatic carbocycles. The van der Waals surface area contributed by atoms with Crippen molar-refractivity contribution in [1.82, 2.24) is 14.8 Å². The summed E-state index contributed by atoms with van der Waals surface area (Å²) in [6, 6.07) is 9.40. The highest BCUT2D eigenvalue weighted by Crippen LogP contribution is 2.27. The number of hydrogen-bond acceptors (Lipinski definition) is 6. The van der Waals surface area contributed by atoms with Gasteiger partial charge in [-0.25, -0.2) is 0 Å². The van der Waals surface area contributed by atoms with E-state index in [1.807, 2.05) is 24.3 Å². The van der Waals surface area contributed by atoms with Crippen LogP contribution < -0.4 is 21.5 Å². The molecule has 2 aromatic rings. The topological polar surface area (TPSA) is 101 Å². The number of nitrogens with one attached hydrogen (secondary N) is 1. The molecule has 144 valence electrons. The number of aromatic nitrogens is 1. The van der Waals surface area contributed by atoms with Crippen LogP contribution in [0.2, 0.25) is 0 Å². The molecule has 28 heavy (non-hydrogen) atoms. The zero-order valence-corrected chi connectivity index (χ0v) is 15.4. The van der Waals surface area contributed by atoms with Crippen molar-refractivity contribution in [2.24, 2.45) is 0 Å². The molecule has 8 nitrogen and oxygen atoms in total. The van der Waals surface area contributed by atoms with E-state index in [4.69, 9.17) is 5.73 Å². The van der Waals surface area contributed by atoms with Crippen LogP contribution in [0.3, 0.4) is 0 Å². The van der Waals surface area contributed by atoms with Crippen molar-refractivity contribution < 1.29 is 9.59 Å². The summed E-state index contributed by atoms with van der Waals surface area (Å²) in [6.07, 6.45) is 2.52. The number of hydrogen-bond donors (Lipinski definition) is 2. The molecule has 0 saturated carbocycles. The maximum atomic E-state index is 12.5. The van der Waals surface area contributed by atoms with Gasteiger partial charge < -0.3 is 10.6 Å². The van der Waals surface area contributed by atoms with E-state index in [1.54, 1.807) is 0 Å². The molecule has 2 fully saturated rings. The van der Waals surface area contributed by atoms with Gasteiger partial charge in [-0.2, -0.15) is 0 Å². The first-order chi connectivity index (χ1) is 13.5. The first-order valence-corrected chi connectivity index (χ1v) is 9.53. The molecule has 2 saturated heterocycles. The maximum absolute atomic E-state index is 12.5. The minimum Gasteiger partial charge on any atom is -0.384 e. The molecule has 0 radical (unpaired) electrons. The lowest BCUT2D eigenvalue weighted by Crippen LogP contribution is -2.50. The van der Waals surface area contributed by atoms with Crippen LogP contribution in [0.15, 0.2) is 35.1 Å². The predicted molar refractivity (Wildman–Crippen MR) is 105 cm³/mol. The quantitative estimate of drug-likeness (QED) is 0.741. The van der Waals surface area contributed by atoms with Gasteiger partial charge in [0.15, 0.2) is 0 Å². The molecule has 4 heterocycles. The van der Waals surface area contributed by atoms with Gasteiger partial charge in [-0.05, 0) is 43.7 Å². The molecule has 1 atom stereocenters. The molecule has 1 aromatic heterocycles. The van der Waals surface area contributed by atoms with Gasteiger partial charge in [0.05, 0.1) is 16.8 Å². The Morgan fingerprint density at radius 1 is 0.964 bits per heavy atom. The zero-order chi connectivity index (χ0) is 19.4. The van der Waals surface area contributed by atoms with Crippen LogP contribution >= 0.6 is 0 Å². The number of carbonyl (C=O) groups excluding carboxylic acids is 2. The Kier molecular flexibility index (Phi) is 3.77. The van der Waals surface area contributed by atoms with Crippen LogP contribution in [0.4, 0.5) is 11.5 Å². The highest BCUT2D eigenvalue weighted by atomic mass is 16.2. The average molecular weight is 379 g/mol. The Bertz CT molecular complexity index is 1040. The smallest absolute Gasteiger partial charge is 0.262 e. The molecule has 2 amide bonds. The number of fused-ring (bicyclic) bond motifs is 2. The predicted octanol–water partition coefficient (Wildman–Crippen LogP) is 0.588. The van der Waals surface area contributed by atoms with Gasteiger partial charge in [-0.15, -0.1) is 0 Å². The number of benzene rings is 1. The van der Waals surface area contributed by atoms with E-state index in [1.165, 1.54) is 30.0 Å². The number of imide groups is 1. The molecule has 5 rings (SSSR count). The zero-order valence-electron chi connectivity index (χ0n) is 15.4. The number of nitrogens with zero attached hydrogens (tertiary/aromatic N) is 3. The van der Waals surface area contributed by atoms with E-state index in [9.17, 15) is 14.4 Å². The number of amides is 2. The summed E-state index contributed by atoms with van der Waals surface area (Å²) in [5.41, 5.74) is 7.43. The number of carbonyl (C=O) groups is 2. The second-order valence-electron chi connectivity index (χ2n) is 7.57. The Morgan fingerprint density at radius 3 is 2.50 bits per heavy atom. The van der Waals surface area contributed by atoms with Crippen LogP contribution in [0.1, 0.15) is 33.6 Å². The number of anilines is 2. The fourth-order valence-electron chi connectivity index (χ4n) is 4.58. The molecule has 8 heteroatoms. The van der Waals surface area contributed by atoms with Crippen LogP contribution in [-0.4, -0.2) is 53.5 Å². The number of nitrogens with two attached hydrogens (primary N) is 1. The van der Waals surface area contributed by atoms with Gasteiger partial charge in [-0.3, -0.25) is 29.2 Å². The summed E-state index contributed by atoms with van der Waals surface area (Å²) in [5, 5.41) is 2.18. The SMILES string of the molecule is Nc1c2c(cc(=O)n1-c1ccc(N3CCN4CCCC4C3)cc1)C(=O)NC2=O. The second-order valence-corrected chi connectivity index (χ2v) is 7.57. The number of rotatable bonds is 2. The Hall–Kier alpha value is -3.13. The molecule has 3 aliphatic rings. The highest BCUT2D eigenvalue weighted by molar-refractivity contribution is 6.23. The highest BCUT2D eigenvalue weighted by Gasteiger charge is 2.32. The van der Waals surface area contributed by atoms with Gasteiger partial charge in [-0.1, -0.05) is 0 Å².